The van der Waals surface area contributed by atoms with Gasteiger partial charge in [0, 0.05) is 15.6 Å². The number of aryl methyl sites for hydroxylation is 1. The highest BCUT2D eigenvalue weighted by Gasteiger charge is 2.24. The van der Waals surface area contributed by atoms with Crippen LogP contribution < -0.4 is 0 Å². The van der Waals surface area contributed by atoms with Crippen molar-refractivity contribution in [3.63, 3.8) is 0 Å². The fraction of sp³-hybridized carbons (Fsp3) is 0.176. The van der Waals surface area contributed by atoms with E-state index in [4.69, 9.17) is 23.2 Å². The summed E-state index contributed by atoms with van der Waals surface area (Å²) >= 11 is 11.9. The first kappa shape index (κ1) is 15.6. The lowest BCUT2D eigenvalue weighted by atomic mass is 9.91. The largest absolute Gasteiger partial charge is 0.292 e. The first-order chi connectivity index (χ1) is 10.1. The summed E-state index contributed by atoms with van der Waals surface area (Å²) in [6.07, 6.45) is 0.902. The number of hydrogen-bond donors (Lipinski definition) is 0. The molecule has 0 amide bonds. The smallest absolute Gasteiger partial charge is 0.184 e. The van der Waals surface area contributed by atoms with E-state index in [0.29, 0.717) is 21.2 Å². The molecule has 0 aliphatic carbocycles. The lowest BCUT2D eigenvalue weighted by Gasteiger charge is -2.11. The van der Waals surface area contributed by atoms with Crippen molar-refractivity contribution in [1.82, 2.24) is 0 Å². The summed E-state index contributed by atoms with van der Waals surface area (Å²) in [6, 6.07) is 14.1. The number of nitrogens with zero attached hydrogens (tertiary/aromatic N) is 1. The Bertz CT molecular complexity index is 702. The third-order valence-corrected chi connectivity index (χ3v) is 3.87. The van der Waals surface area contributed by atoms with Crippen LogP contribution in [0.2, 0.25) is 10.0 Å². The molecule has 2 aromatic rings. The SMILES string of the molecule is CCc1ccc(C(=O)C(C#N)c2ccc(Cl)cc2Cl)cc1. The van der Waals surface area contributed by atoms with Crippen LogP contribution in [0.25, 0.3) is 0 Å². The van der Waals surface area contributed by atoms with E-state index in [9.17, 15) is 10.1 Å². The Hall–Kier alpha value is -1.82. The topological polar surface area (TPSA) is 40.9 Å². The second-order valence-electron chi connectivity index (χ2n) is 4.64. The minimum Gasteiger partial charge on any atom is -0.292 e. The number of Topliss-reactive ketones (excluding diaryl/α,β-unsaturated/α-hetero) is 1. The Labute approximate surface area is 133 Å². The van der Waals surface area contributed by atoms with Crippen LogP contribution in [0.5, 0.6) is 0 Å². The minimum atomic E-state index is -0.928. The number of carbonyl (C=O) groups excluding carboxylic acids is 1. The highest BCUT2D eigenvalue weighted by molar-refractivity contribution is 6.35. The maximum atomic E-state index is 12.5. The molecule has 0 fully saturated rings. The van der Waals surface area contributed by atoms with Gasteiger partial charge in [0.05, 0.1) is 6.07 Å². The fourth-order valence-electron chi connectivity index (χ4n) is 2.08. The summed E-state index contributed by atoms with van der Waals surface area (Å²) in [4.78, 5) is 12.5. The van der Waals surface area contributed by atoms with Gasteiger partial charge in [-0.25, -0.2) is 0 Å². The molecule has 106 valence electrons. The van der Waals surface area contributed by atoms with Gasteiger partial charge in [0.1, 0.15) is 5.92 Å². The second-order valence-corrected chi connectivity index (χ2v) is 5.49. The van der Waals surface area contributed by atoms with Crippen molar-refractivity contribution >= 4 is 29.0 Å². The average molecular weight is 318 g/mol. The molecule has 2 rings (SSSR count). The molecule has 2 aromatic carbocycles. The van der Waals surface area contributed by atoms with Crippen LogP contribution >= 0.6 is 23.2 Å². The molecule has 0 saturated heterocycles. The predicted molar refractivity (Wildman–Crippen MR) is 85.0 cm³/mol. The molecular formula is C17H13Cl2NO. The van der Waals surface area contributed by atoms with Gasteiger partial charge in [-0.2, -0.15) is 5.26 Å². The normalized spacial score (nSPS) is 11.7. The van der Waals surface area contributed by atoms with Gasteiger partial charge >= 0.3 is 0 Å². The van der Waals surface area contributed by atoms with E-state index in [1.165, 1.54) is 6.07 Å². The summed E-state index contributed by atoms with van der Waals surface area (Å²) in [5.41, 5.74) is 2.13. The number of benzene rings is 2. The molecular weight excluding hydrogens is 305 g/mol. The first-order valence-corrected chi connectivity index (χ1v) is 7.30. The lowest BCUT2D eigenvalue weighted by molar-refractivity contribution is 0.0979. The molecule has 1 atom stereocenters. The quantitative estimate of drug-likeness (QED) is 0.741. The van der Waals surface area contributed by atoms with Gasteiger partial charge < -0.3 is 0 Å². The predicted octanol–water partition coefficient (Wildman–Crippen LogP) is 5.05. The molecule has 0 radical (unpaired) electrons. The van der Waals surface area contributed by atoms with Crippen molar-refractivity contribution in [2.45, 2.75) is 19.3 Å². The standard InChI is InChI=1S/C17H13Cl2NO/c1-2-11-3-5-12(6-4-11)17(21)15(10-20)14-8-7-13(18)9-16(14)19/h3-9,15H,2H2,1H3. The van der Waals surface area contributed by atoms with Gasteiger partial charge in [0.15, 0.2) is 5.78 Å². The maximum absolute atomic E-state index is 12.5. The highest BCUT2D eigenvalue weighted by atomic mass is 35.5. The van der Waals surface area contributed by atoms with E-state index in [2.05, 4.69) is 0 Å². The molecule has 1 unspecified atom stereocenters. The monoisotopic (exact) mass is 317 g/mol. The van der Waals surface area contributed by atoms with E-state index < -0.39 is 5.92 Å². The zero-order valence-corrected chi connectivity index (χ0v) is 12.9. The van der Waals surface area contributed by atoms with Crippen molar-refractivity contribution in [1.29, 1.82) is 5.26 Å². The summed E-state index contributed by atoms with van der Waals surface area (Å²) in [5.74, 6) is -1.19. The van der Waals surface area contributed by atoms with Gasteiger partial charge in [-0.15, -0.1) is 0 Å². The Kier molecular flexibility index (Phi) is 5.01. The number of hydrogen-bond acceptors (Lipinski definition) is 2. The average Bonchev–Trinajstić information content (AvgIpc) is 2.50. The fourth-order valence-corrected chi connectivity index (χ4v) is 2.59. The van der Waals surface area contributed by atoms with Crippen molar-refractivity contribution < 1.29 is 4.79 Å². The maximum Gasteiger partial charge on any atom is 0.184 e. The molecule has 0 spiro atoms. The summed E-state index contributed by atoms with van der Waals surface area (Å²) in [5, 5.41) is 10.1. The van der Waals surface area contributed by atoms with Crippen LogP contribution in [-0.4, -0.2) is 5.78 Å². The van der Waals surface area contributed by atoms with Gasteiger partial charge in [0.25, 0.3) is 0 Å². The van der Waals surface area contributed by atoms with Gasteiger partial charge in [-0.1, -0.05) is 60.5 Å². The van der Waals surface area contributed by atoms with Crippen LogP contribution in [0.4, 0.5) is 0 Å². The molecule has 0 saturated carbocycles. The van der Waals surface area contributed by atoms with Crippen LogP contribution in [0, 0.1) is 11.3 Å². The Morgan fingerprint density at radius 3 is 2.38 bits per heavy atom. The molecule has 0 bridgehead atoms. The van der Waals surface area contributed by atoms with E-state index in [-0.39, 0.29) is 5.78 Å². The zero-order chi connectivity index (χ0) is 15.4. The molecule has 0 N–H and O–H groups in total. The molecule has 4 heteroatoms. The number of ketones is 1. The van der Waals surface area contributed by atoms with Crippen LogP contribution in [0.3, 0.4) is 0 Å². The summed E-state index contributed by atoms with van der Waals surface area (Å²) in [6.45, 7) is 2.04. The van der Waals surface area contributed by atoms with Crippen molar-refractivity contribution in [3.05, 3.63) is 69.2 Å². The van der Waals surface area contributed by atoms with Crippen LogP contribution in [0.15, 0.2) is 42.5 Å². The van der Waals surface area contributed by atoms with Gasteiger partial charge in [0.2, 0.25) is 0 Å². The molecule has 0 aliphatic heterocycles. The van der Waals surface area contributed by atoms with Crippen molar-refractivity contribution in [3.8, 4) is 6.07 Å². The third-order valence-electron chi connectivity index (χ3n) is 3.31. The summed E-state index contributed by atoms with van der Waals surface area (Å²) in [7, 11) is 0. The van der Waals surface area contributed by atoms with E-state index >= 15 is 0 Å². The highest BCUT2D eigenvalue weighted by Crippen LogP contribution is 2.29. The van der Waals surface area contributed by atoms with Crippen molar-refractivity contribution in [2.24, 2.45) is 0 Å². The van der Waals surface area contributed by atoms with Crippen LogP contribution in [0.1, 0.15) is 34.3 Å². The van der Waals surface area contributed by atoms with Gasteiger partial charge in [-0.3, -0.25) is 4.79 Å². The number of rotatable bonds is 4. The summed E-state index contributed by atoms with van der Waals surface area (Å²) < 4.78 is 0. The molecule has 0 aliphatic rings. The molecule has 0 heterocycles. The Morgan fingerprint density at radius 1 is 1.19 bits per heavy atom. The Balaban J connectivity index is 2.36. The minimum absolute atomic E-state index is 0.260. The first-order valence-electron chi connectivity index (χ1n) is 6.54. The molecule has 21 heavy (non-hydrogen) atoms. The zero-order valence-electron chi connectivity index (χ0n) is 11.4. The number of halogens is 2. The molecule has 2 nitrogen and oxygen atoms in total. The number of carbonyl (C=O) groups is 1. The molecule has 0 aromatic heterocycles. The third kappa shape index (κ3) is 3.44. The number of nitriles is 1. The van der Waals surface area contributed by atoms with E-state index in [0.717, 1.165) is 12.0 Å². The van der Waals surface area contributed by atoms with Crippen molar-refractivity contribution in [2.75, 3.05) is 0 Å². The van der Waals surface area contributed by atoms with E-state index in [1.807, 2.05) is 25.1 Å². The second kappa shape index (κ2) is 6.76. The van der Waals surface area contributed by atoms with Crippen LogP contribution in [-0.2, 0) is 6.42 Å². The van der Waals surface area contributed by atoms with Gasteiger partial charge in [-0.05, 0) is 29.7 Å². The Morgan fingerprint density at radius 2 is 1.86 bits per heavy atom. The van der Waals surface area contributed by atoms with E-state index in [1.54, 1.807) is 24.3 Å². The lowest BCUT2D eigenvalue weighted by Crippen LogP contribution is -2.11.